The van der Waals surface area contributed by atoms with E-state index in [1.165, 1.54) is 75.5 Å². The highest BCUT2D eigenvalue weighted by atomic mass is 16.3. The molecule has 1 aromatic rings. The molecule has 0 atom stereocenters. The standard InChI is InChI=1S/C51H78O2/c1-40(2)19-11-20-41(3)21-12-22-42(4)23-13-24-43(5)25-14-26-44(6)27-15-28-45(7)29-16-30-46(8)31-17-32-47(9)33-18-34-48(10)35-36-49-39-50(52)37-38-51(49)53/h19,21,23,25,27,29,31,33,35,37-39,52-53H,11-18,20,22,24,26,28,30,32,34,36H2,1-10H3/b41-21+,42-23+,43-25+,44-27+,45-29+,46-31+,47-33+,48-35+. The minimum atomic E-state index is 0.192. The van der Waals surface area contributed by atoms with E-state index in [1.807, 2.05) is 0 Å². The van der Waals surface area contributed by atoms with Crippen molar-refractivity contribution in [1.29, 1.82) is 0 Å². The first-order valence-corrected chi connectivity index (χ1v) is 20.6. The first-order valence-electron chi connectivity index (χ1n) is 20.6. The second-order valence-corrected chi connectivity index (χ2v) is 16.0. The molecule has 0 aliphatic rings. The molecule has 2 N–H and O–H groups in total. The molecule has 0 amide bonds. The van der Waals surface area contributed by atoms with Crippen LogP contribution in [0.3, 0.4) is 0 Å². The lowest BCUT2D eigenvalue weighted by atomic mass is 10.0. The van der Waals surface area contributed by atoms with Gasteiger partial charge in [0.1, 0.15) is 11.5 Å². The number of benzene rings is 1. The Morgan fingerprint density at radius 2 is 0.642 bits per heavy atom. The zero-order chi connectivity index (χ0) is 39.4. The number of allylic oxidation sites excluding steroid dienone is 18. The molecule has 0 unspecified atom stereocenters. The molecule has 0 spiro atoms. The van der Waals surface area contributed by atoms with Gasteiger partial charge < -0.3 is 10.2 Å². The minimum absolute atomic E-state index is 0.192. The zero-order valence-electron chi connectivity index (χ0n) is 35.8. The van der Waals surface area contributed by atoms with Gasteiger partial charge in [0.25, 0.3) is 0 Å². The zero-order valence-corrected chi connectivity index (χ0v) is 35.8. The van der Waals surface area contributed by atoms with Crippen molar-refractivity contribution in [2.24, 2.45) is 0 Å². The van der Waals surface area contributed by atoms with Crippen LogP contribution in [0.5, 0.6) is 11.5 Å². The molecule has 2 nitrogen and oxygen atoms in total. The predicted octanol–water partition coefficient (Wildman–Crippen LogP) is 16.4. The topological polar surface area (TPSA) is 40.5 Å². The highest BCUT2D eigenvalue weighted by Crippen LogP contribution is 2.24. The van der Waals surface area contributed by atoms with Crippen LogP contribution in [0.2, 0.25) is 0 Å². The average Bonchev–Trinajstić information content (AvgIpc) is 3.08. The van der Waals surface area contributed by atoms with E-state index in [9.17, 15) is 10.2 Å². The molecule has 1 aromatic carbocycles. The van der Waals surface area contributed by atoms with Gasteiger partial charge in [-0.1, -0.05) is 105 Å². The highest BCUT2D eigenvalue weighted by Gasteiger charge is 2.02. The molecule has 53 heavy (non-hydrogen) atoms. The minimum Gasteiger partial charge on any atom is -0.508 e. The molecule has 1 rings (SSSR count). The van der Waals surface area contributed by atoms with Gasteiger partial charge in [-0.2, -0.15) is 0 Å². The molecule has 0 aliphatic carbocycles. The monoisotopic (exact) mass is 723 g/mol. The van der Waals surface area contributed by atoms with Crippen LogP contribution in [0.15, 0.2) is 123 Å². The maximum absolute atomic E-state index is 9.97. The summed E-state index contributed by atoms with van der Waals surface area (Å²) in [6.07, 6.45) is 40.3. The summed E-state index contributed by atoms with van der Waals surface area (Å²) in [6.45, 7) is 22.5. The maximum atomic E-state index is 9.97. The lowest BCUT2D eigenvalue weighted by Crippen LogP contribution is -1.86. The Bertz CT molecular complexity index is 1490. The van der Waals surface area contributed by atoms with E-state index in [-0.39, 0.29) is 11.5 Å². The Morgan fingerprint density at radius 1 is 0.377 bits per heavy atom. The fraction of sp³-hybridized carbons (Fsp3) is 0.529. The van der Waals surface area contributed by atoms with Crippen LogP contribution in [0.25, 0.3) is 0 Å². The molecule has 0 radical (unpaired) electrons. The summed E-state index contributed by atoms with van der Waals surface area (Å²) in [4.78, 5) is 0. The van der Waals surface area contributed by atoms with Crippen LogP contribution in [-0.4, -0.2) is 10.2 Å². The number of phenols is 2. The fourth-order valence-corrected chi connectivity index (χ4v) is 6.25. The molecule has 0 aliphatic heterocycles. The molecule has 2 heteroatoms. The molecule has 0 fully saturated rings. The van der Waals surface area contributed by atoms with Gasteiger partial charge in [0, 0.05) is 5.56 Å². The van der Waals surface area contributed by atoms with Crippen LogP contribution in [-0.2, 0) is 6.42 Å². The molecular weight excluding hydrogens is 645 g/mol. The summed E-state index contributed by atoms with van der Waals surface area (Å²) in [5, 5.41) is 19.6. The van der Waals surface area contributed by atoms with Gasteiger partial charge in [-0.15, -0.1) is 0 Å². The van der Waals surface area contributed by atoms with Crippen LogP contribution >= 0.6 is 0 Å². The third-order valence-corrected chi connectivity index (χ3v) is 10.0. The molecule has 0 aromatic heterocycles. The van der Waals surface area contributed by atoms with Crippen LogP contribution in [0.4, 0.5) is 0 Å². The van der Waals surface area contributed by atoms with E-state index in [0.29, 0.717) is 6.42 Å². The second kappa shape index (κ2) is 28.9. The van der Waals surface area contributed by atoms with Crippen molar-refractivity contribution >= 4 is 0 Å². The third-order valence-electron chi connectivity index (χ3n) is 10.0. The molecular formula is C51H78O2. The Balaban J connectivity index is 2.24. The Morgan fingerprint density at radius 3 is 0.925 bits per heavy atom. The van der Waals surface area contributed by atoms with Crippen molar-refractivity contribution < 1.29 is 10.2 Å². The van der Waals surface area contributed by atoms with Crippen molar-refractivity contribution in [3.63, 3.8) is 0 Å². The third kappa shape index (κ3) is 26.8. The van der Waals surface area contributed by atoms with E-state index in [1.54, 1.807) is 12.1 Å². The Labute approximate surface area is 327 Å². The van der Waals surface area contributed by atoms with E-state index >= 15 is 0 Å². The lowest BCUT2D eigenvalue weighted by molar-refractivity contribution is 0.455. The van der Waals surface area contributed by atoms with Gasteiger partial charge in [0.2, 0.25) is 0 Å². The summed E-state index contributed by atoms with van der Waals surface area (Å²) in [5.74, 6) is 0.429. The van der Waals surface area contributed by atoms with Gasteiger partial charge in [0.05, 0.1) is 0 Å². The quantitative estimate of drug-likeness (QED) is 0.0738. The van der Waals surface area contributed by atoms with Gasteiger partial charge in [0.15, 0.2) is 0 Å². The van der Waals surface area contributed by atoms with Crippen molar-refractivity contribution in [3.8, 4) is 11.5 Å². The van der Waals surface area contributed by atoms with Crippen LogP contribution < -0.4 is 0 Å². The number of hydrogen-bond acceptors (Lipinski definition) is 2. The SMILES string of the molecule is CC(C)=CCC/C(C)=C/CC/C(C)=C/CC/C(C)=C/CC/C(C)=C/CC/C(C)=C/CC/C(C)=C/CC/C(C)=C/CC/C(C)=C/Cc1cc(O)ccc1O. The summed E-state index contributed by atoms with van der Waals surface area (Å²) in [7, 11) is 0. The second-order valence-electron chi connectivity index (χ2n) is 16.0. The van der Waals surface area contributed by atoms with E-state index in [0.717, 1.165) is 89.0 Å². The highest BCUT2D eigenvalue weighted by molar-refractivity contribution is 5.40. The largest absolute Gasteiger partial charge is 0.508 e. The fourth-order valence-electron chi connectivity index (χ4n) is 6.25. The molecule has 0 bridgehead atoms. The van der Waals surface area contributed by atoms with Crippen LogP contribution in [0.1, 0.15) is 178 Å². The summed E-state index contributed by atoms with van der Waals surface area (Å²) >= 11 is 0. The molecule has 0 saturated carbocycles. The molecule has 0 heterocycles. The number of phenolic OH excluding ortho intramolecular Hbond substituents is 2. The Kier molecular flexibility index (Phi) is 25.9. The van der Waals surface area contributed by atoms with Crippen molar-refractivity contribution in [3.05, 3.63) is 129 Å². The van der Waals surface area contributed by atoms with E-state index < -0.39 is 0 Å². The smallest absolute Gasteiger partial charge is 0.119 e. The van der Waals surface area contributed by atoms with Crippen LogP contribution in [0, 0.1) is 0 Å². The summed E-state index contributed by atoms with van der Waals surface area (Å²) < 4.78 is 0. The van der Waals surface area contributed by atoms with Gasteiger partial charge in [-0.3, -0.25) is 0 Å². The first kappa shape index (κ1) is 47.5. The normalized spacial score (nSPS) is 14.3. The summed E-state index contributed by atoms with van der Waals surface area (Å²) in [5.41, 5.74) is 14.0. The van der Waals surface area contributed by atoms with Crippen molar-refractivity contribution in [2.75, 3.05) is 0 Å². The summed E-state index contributed by atoms with van der Waals surface area (Å²) in [6, 6.07) is 4.69. The van der Waals surface area contributed by atoms with Gasteiger partial charge in [-0.05, 0) is 197 Å². The van der Waals surface area contributed by atoms with E-state index in [2.05, 4.69) is 124 Å². The number of aromatic hydroxyl groups is 2. The van der Waals surface area contributed by atoms with Crippen molar-refractivity contribution in [2.45, 2.75) is 178 Å². The Hall–Kier alpha value is -3.52. The lowest BCUT2D eigenvalue weighted by Gasteiger charge is -2.05. The van der Waals surface area contributed by atoms with Gasteiger partial charge in [-0.25, -0.2) is 0 Å². The van der Waals surface area contributed by atoms with Crippen molar-refractivity contribution in [1.82, 2.24) is 0 Å². The number of rotatable bonds is 26. The molecule has 0 saturated heterocycles. The first-order chi connectivity index (χ1) is 25.2. The maximum Gasteiger partial charge on any atom is 0.119 e. The predicted molar refractivity (Wildman–Crippen MR) is 237 cm³/mol. The van der Waals surface area contributed by atoms with Gasteiger partial charge >= 0.3 is 0 Å². The molecule has 294 valence electrons. The number of hydrogen-bond donors (Lipinski definition) is 2. The van der Waals surface area contributed by atoms with E-state index in [4.69, 9.17) is 0 Å². The average molecular weight is 723 g/mol.